The minimum atomic E-state index is -1.15. The molecule has 0 radical (unpaired) electrons. The first-order chi connectivity index (χ1) is 14.5. The number of aliphatic hydroxyl groups is 1. The molecule has 1 aromatic heterocycles. The van der Waals surface area contributed by atoms with Gasteiger partial charge < -0.3 is 9.84 Å². The molecule has 0 fully saturated rings. The van der Waals surface area contributed by atoms with Crippen LogP contribution in [0.2, 0.25) is 0 Å². The molecule has 0 saturated carbocycles. The van der Waals surface area contributed by atoms with E-state index in [9.17, 15) is 19.5 Å². The normalized spacial score (nSPS) is 11.9. The van der Waals surface area contributed by atoms with Gasteiger partial charge in [0, 0.05) is 5.39 Å². The largest absolute Gasteiger partial charge is 0.490 e. The summed E-state index contributed by atoms with van der Waals surface area (Å²) in [6, 6.07) is 13.2. The zero-order valence-electron chi connectivity index (χ0n) is 16.4. The van der Waals surface area contributed by atoms with Gasteiger partial charge in [-0.05, 0) is 11.5 Å². The Kier molecular flexibility index (Phi) is 6.48. The zero-order valence-corrected chi connectivity index (χ0v) is 16.4. The Balaban J connectivity index is 1.87. The molecule has 0 aliphatic heterocycles. The fraction of sp³-hybridized carbons (Fsp3) is 0.227. The summed E-state index contributed by atoms with van der Waals surface area (Å²) in [5.41, 5.74) is -2.37. The van der Waals surface area contributed by atoms with E-state index in [-0.39, 0.29) is 26.2 Å². The van der Waals surface area contributed by atoms with Crippen molar-refractivity contribution < 1.29 is 9.84 Å². The van der Waals surface area contributed by atoms with Gasteiger partial charge in [0.15, 0.2) is 0 Å². The molecule has 0 spiro atoms. The summed E-state index contributed by atoms with van der Waals surface area (Å²) in [6.07, 6.45) is 1.62. The summed E-state index contributed by atoms with van der Waals surface area (Å²) in [5, 5.41) is 12.3. The van der Waals surface area contributed by atoms with Crippen molar-refractivity contribution in [2.45, 2.75) is 25.7 Å². The lowest BCUT2D eigenvalue weighted by Gasteiger charge is -2.16. The second-order valence-electron chi connectivity index (χ2n) is 6.70. The summed E-state index contributed by atoms with van der Waals surface area (Å²) in [7, 11) is 0. The second kappa shape index (κ2) is 9.23. The quantitative estimate of drug-likeness (QED) is 0.535. The molecule has 0 bridgehead atoms. The van der Waals surface area contributed by atoms with Gasteiger partial charge in [-0.1, -0.05) is 48.6 Å². The second-order valence-corrected chi connectivity index (χ2v) is 6.70. The summed E-state index contributed by atoms with van der Waals surface area (Å²) in [4.78, 5) is 37.7. The molecule has 8 nitrogen and oxygen atoms in total. The highest BCUT2D eigenvalue weighted by Gasteiger charge is 2.17. The molecule has 0 aliphatic rings. The molecule has 1 atom stereocenters. The Morgan fingerprint density at radius 2 is 1.43 bits per heavy atom. The third kappa shape index (κ3) is 4.18. The third-order valence-corrected chi connectivity index (χ3v) is 4.58. The van der Waals surface area contributed by atoms with Crippen molar-refractivity contribution in [3.8, 4) is 5.75 Å². The Morgan fingerprint density at radius 3 is 2.07 bits per heavy atom. The van der Waals surface area contributed by atoms with Crippen LogP contribution in [0.1, 0.15) is 0 Å². The Bertz CT molecular complexity index is 1200. The number of allylic oxidation sites excluding steroid dienone is 2. The van der Waals surface area contributed by atoms with E-state index in [0.29, 0.717) is 5.75 Å². The number of benzene rings is 2. The first kappa shape index (κ1) is 21.1. The minimum absolute atomic E-state index is 0.0578. The maximum Gasteiger partial charge on any atom is 0.336 e. The van der Waals surface area contributed by atoms with Gasteiger partial charge in [-0.3, -0.25) is 0 Å². The van der Waals surface area contributed by atoms with Crippen molar-refractivity contribution >= 4 is 10.8 Å². The zero-order chi connectivity index (χ0) is 21.7. The van der Waals surface area contributed by atoms with Crippen LogP contribution in [0.5, 0.6) is 5.75 Å². The van der Waals surface area contributed by atoms with Gasteiger partial charge >= 0.3 is 17.1 Å². The number of aliphatic hydroxyl groups excluding tert-OH is 1. The van der Waals surface area contributed by atoms with Crippen LogP contribution < -0.4 is 21.8 Å². The number of aromatic nitrogens is 3. The maximum atomic E-state index is 12.6. The smallest absolute Gasteiger partial charge is 0.336 e. The molecular formula is C22H23N3O5. The predicted molar refractivity (Wildman–Crippen MR) is 115 cm³/mol. The van der Waals surface area contributed by atoms with Crippen LogP contribution in [0, 0.1) is 0 Å². The van der Waals surface area contributed by atoms with Crippen LogP contribution in [-0.2, 0) is 19.6 Å². The Hall–Kier alpha value is -3.65. The highest BCUT2D eigenvalue weighted by atomic mass is 16.5. The highest BCUT2D eigenvalue weighted by Crippen LogP contribution is 2.25. The number of rotatable bonds is 9. The fourth-order valence-electron chi connectivity index (χ4n) is 3.18. The van der Waals surface area contributed by atoms with Gasteiger partial charge in [-0.25, -0.2) is 28.1 Å². The number of hydrogen-bond acceptors (Lipinski definition) is 5. The van der Waals surface area contributed by atoms with Crippen LogP contribution in [0.25, 0.3) is 10.8 Å². The molecule has 2 aromatic carbocycles. The lowest BCUT2D eigenvalue weighted by atomic mass is 10.1. The van der Waals surface area contributed by atoms with E-state index in [2.05, 4.69) is 13.2 Å². The van der Waals surface area contributed by atoms with Gasteiger partial charge in [0.1, 0.15) is 18.5 Å². The van der Waals surface area contributed by atoms with Crippen LogP contribution >= 0.6 is 0 Å². The predicted octanol–water partition coefficient (Wildman–Crippen LogP) is 1.14. The van der Waals surface area contributed by atoms with E-state index in [0.717, 1.165) is 24.5 Å². The van der Waals surface area contributed by atoms with Crippen molar-refractivity contribution in [3.05, 3.63) is 99.2 Å². The molecule has 0 unspecified atom stereocenters. The molecule has 1 N–H and O–H groups in total. The van der Waals surface area contributed by atoms with Crippen molar-refractivity contribution in [2.75, 3.05) is 6.61 Å². The third-order valence-electron chi connectivity index (χ3n) is 4.58. The molecule has 30 heavy (non-hydrogen) atoms. The van der Waals surface area contributed by atoms with E-state index in [1.807, 2.05) is 36.4 Å². The summed E-state index contributed by atoms with van der Waals surface area (Å²) >= 11 is 0. The molecule has 156 valence electrons. The number of ether oxygens (including phenoxy) is 1. The van der Waals surface area contributed by atoms with Crippen molar-refractivity contribution in [1.29, 1.82) is 0 Å². The van der Waals surface area contributed by atoms with Gasteiger partial charge in [0.25, 0.3) is 0 Å². The highest BCUT2D eigenvalue weighted by molar-refractivity contribution is 5.88. The van der Waals surface area contributed by atoms with Crippen LogP contribution in [0.3, 0.4) is 0 Å². The standard InChI is InChI=1S/C22H23N3O5/c1-3-12-23-20(27)24(13-4-2)22(29)25(21(23)28)14-17(26)15-30-19-11-7-9-16-8-5-6-10-18(16)19/h3-11,17,26H,1-2,12-15H2/t17-/m0/s1. The van der Waals surface area contributed by atoms with Gasteiger partial charge in [0.05, 0.1) is 19.6 Å². The minimum Gasteiger partial charge on any atom is -0.490 e. The van der Waals surface area contributed by atoms with E-state index < -0.39 is 23.2 Å². The molecule has 0 saturated heterocycles. The summed E-state index contributed by atoms with van der Waals surface area (Å²) in [6.45, 7) is 6.48. The van der Waals surface area contributed by atoms with E-state index in [1.54, 1.807) is 6.07 Å². The number of fused-ring (bicyclic) bond motifs is 1. The average Bonchev–Trinajstić information content (AvgIpc) is 2.75. The molecule has 3 aromatic rings. The maximum absolute atomic E-state index is 12.6. The first-order valence-electron chi connectivity index (χ1n) is 9.42. The Labute approximate surface area is 172 Å². The van der Waals surface area contributed by atoms with E-state index >= 15 is 0 Å². The topological polar surface area (TPSA) is 95.5 Å². The van der Waals surface area contributed by atoms with Crippen molar-refractivity contribution in [1.82, 2.24) is 13.7 Å². The number of hydrogen-bond donors (Lipinski definition) is 1. The van der Waals surface area contributed by atoms with Gasteiger partial charge in [-0.15, -0.1) is 13.2 Å². The van der Waals surface area contributed by atoms with Crippen LogP contribution in [0.15, 0.2) is 82.2 Å². The Morgan fingerprint density at radius 1 is 0.867 bits per heavy atom. The van der Waals surface area contributed by atoms with Crippen LogP contribution in [0.4, 0.5) is 0 Å². The average molecular weight is 409 g/mol. The first-order valence-corrected chi connectivity index (χ1v) is 9.42. The molecule has 0 amide bonds. The molecule has 3 rings (SSSR count). The molecule has 8 heteroatoms. The van der Waals surface area contributed by atoms with E-state index in [4.69, 9.17) is 4.74 Å². The SMILES string of the molecule is C=CCn1c(=O)n(CC=C)c(=O)n(C[C@H](O)COc2cccc3ccccc23)c1=O. The van der Waals surface area contributed by atoms with Crippen molar-refractivity contribution in [2.24, 2.45) is 0 Å². The van der Waals surface area contributed by atoms with E-state index in [1.165, 1.54) is 12.2 Å². The summed E-state index contributed by atoms with van der Waals surface area (Å²) in [5.74, 6) is 0.584. The molecule has 1 heterocycles. The fourth-order valence-corrected chi connectivity index (χ4v) is 3.18. The van der Waals surface area contributed by atoms with Gasteiger partial charge in [0.2, 0.25) is 0 Å². The summed E-state index contributed by atoms with van der Waals surface area (Å²) < 4.78 is 8.33. The van der Waals surface area contributed by atoms with Gasteiger partial charge in [-0.2, -0.15) is 0 Å². The molecular weight excluding hydrogens is 386 g/mol. The lowest BCUT2D eigenvalue weighted by molar-refractivity contribution is 0.0895. The monoisotopic (exact) mass is 409 g/mol. The number of nitrogens with zero attached hydrogens (tertiary/aromatic N) is 3. The van der Waals surface area contributed by atoms with Crippen molar-refractivity contribution in [3.63, 3.8) is 0 Å². The van der Waals surface area contributed by atoms with Crippen LogP contribution in [-0.4, -0.2) is 31.5 Å². The molecule has 0 aliphatic carbocycles. The lowest BCUT2D eigenvalue weighted by Crippen LogP contribution is -2.55.